The van der Waals surface area contributed by atoms with E-state index in [4.69, 9.17) is 9.47 Å². The van der Waals surface area contributed by atoms with Crippen molar-refractivity contribution in [3.63, 3.8) is 0 Å². The topological polar surface area (TPSA) is 142 Å². The summed E-state index contributed by atoms with van der Waals surface area (Å²) in [5, 5.41) is 23.5. The number of nitrogens with one attached hydrogen (secondary N) is 1. The Hall–Kier alpha value is -4.05. The van der Waals surface area contributed by atoms with Gasteiger partial charge in [0.1, 0.15) is 5.01 Å². The molecule has 0 unspecified atom stereocenters. The lowest BCUT2D eigenvalue weighted by Gasteiger charge is -2.10. The minimum atomic E-state index is -0.408. The molecular formula is C29H26N6O5S4. The van der Waals surface area contributed by atoms with Crippen LogP contribution >= 0.6 is 46.2 Å². The maximum atomic E-state index is 12.4. The van der Waals surface area contributed by atoms with Crippen molar-refractivity contribution in [2.75, 3.05) is 26.5 Å². The summed E-state index contributed by atoms with van der Waals surface area (Å²) in [5.41, 5.74) is 3.13. The van der Waals surface area contributed by atoms with E-state index in [9.17, 15) is 14.9 Å². The van der Waals surface area contributed by atoms with E-state index in [1.165, 1.54) is 52.3 Å². The number of carbonyl (C=O) groups excluding carboxylic acids is 1. The Morgan fingerprint density at radius 2 is 1.89 bits per heavy atom. The number of aromatic nitrogens is 3. The molecule has 0 saturated carbocycles. The van der Waals surface area contributed by atoms with Gasteiger partial charge in [0.15, 0.2) is 20.2 Å². The van der Waals surface area contributed by atoms with Gasteiger partial charge in [0.05, 0.1) is 45.7 Å². The second-order valence-electron chi connectivity index (χ2n) is 9.14. The van der Waals surface area contributed by atoms with Gasteiger partial charge in [-0.2, -0.15) is 0 Å². The van der Waals surface area contributed by atoms with Crippen LogP contribution in [0.25, 0.3) is 10.2 Å². The second-order valence-corrected chi connectivity index (χ2v) is 13.9. The average molecular weight is 667 g/mol. The lowest BCUT2D eigenvalue weighted by molar-refractivity contribution is -0.387. The van der Waals surface area contributed by atoms with Gasteiger partial charge in [0, 0.05) is 18.8 Å². The normalized spacial score (nSPS) is 11.2. The molecule has 3 aromatic carbocycles. The van der Waals surface area contributed by atoms with E-state index in [0.29, 0.717) is 45.0 Å². The van der Waals surface area contributed by atoms with Crippen molar-refractivity contribution < 1.29 is 19.2 Å². The number of nitrogens with zero attached hydrogens (tertiary/aromatic N) is 5. The fourth-order valence-electron chi connectivity index (χ4n) is 4.00. The number of ether oxygens (including phenoxy) is 2. The number of thioether (sulfide) groups is 1. The van der Waals surface area contributed by atoms with E-state index in [1.807, 2.05) is 43.3 Å². The van der Waals surface area contributed by atoms with E-state index in [-0.39, 0.29) is 17.3 Å². The number of nitro groups is 1. The lowest BCUT2D eigenvalue weighted by Crippen LogP contribution is -2.27. The third-order valence-electron chi connectivity index (χ3n) is 6.11. The molecule has 0 aliphatic heterocycles. The van der Waals surface area contributed by atoms with Crippen LogP contribution in [0.3, 0.4) is 0 Å². The Bertz CT molecular complexity index is 1840. The molecule has 0 aliphatic rings. The van der Waals surface area contributed by atoms with Crippen LogP contribution in [-0.2, 0) is 11.2 Å². The van der Waals surface area contributed by atoms with Crippen molar-refractivity contribution in [2.24, 2.45) is 4.99 Å². The Balaban J connectivity index is 1.16. The van der Waals surface area contributed by atoms with Crippen LogP contribution in [0, 0.1) is 17.0 Å². The number of amides is 1. The highest BCUT2D eigenvalue weighted by atomic mass is 32.2. The third-order valence-corrected chi connectivity index (χ3v) is 10.2. The van der Waals surface area contributed by atoms with Crippen molar-refractivity contribution in [2.45, 2.75) is 26.9 Å². The van der Waals surface area contributed by atoms with Crippen LogP contribution in [0.4, 0.5) is 11.4 Å². The maximum Gasteiger partial charge on any atom is 0.283 e. The summed E-state index contributed by atoms with van der Waals surface area (Å²) in [4.78, 5) is 33.4. The van der Waals surface area contributed by atoms with Gasteiger partial charge in [0.25, 0.3) is 5.69 Å². The molecular weight excluding hydrogens is 641 g/mol. The van der Waals surface area contributed by atoms with Crippen LogP contribution in [0.1, 0.15) is 16.1 Å². The molecule has 0 saturated heterocycles. The minimum Gasteiger partial charge on any atom is -0.493 e. The molecule has 0 spiro atoms. The molecule has 1 amide bonds. The fraction of sp³-hybridized carbons (Fsp3) is 0.207. The molecule has 226 valence electrons. The summed E-state index contributed by atoms with van der Waals surface area (Å²) in [6, 6.07) is 16.3. The van der Waals surface area contributed by atoms with Crippen molar-refractivity contribution >= 4 is 79.9 Å². The minimum absolute atomic E-state index is 0.0172. The van der Waals surface area contributed by atoms with Gasteiger partial charge in [-0.05, 0) is 60.9 Å². The number of thiazole rings is 1. The molecule has 15 heteroatoms. The van der Waals surface area contributed by atoms with Gasteiger partial charge in [0.2, 0.25) is 5.91 Å². The molecule has 2 heterocycles. The van der Waals surface area contributed by atoms with Crippen LogP contribution in [0.2, 0.25) is 0 Å². The first-order valence-electron chi connectivity index (χ1n) is 13.1. The van der Waals surface area contributed by atoms with Gasteiger partial charge in [-0.15, -0.1) is 21.5 Å². The number of methoxy groups -OCH3 is 2. The predicted octanol–water partition coefficient (Wildman–Crippen LogP) is 6.73. The molecule has 0 atom stereocenters. The van der Waals surface area contributed by atoms with Gasteiger partial charge in [-0.3, -0.25) is 19.9 Å². The Kier molecular flexibility index (Phi) is 10.4. The molecule has 5 aromatic rings. The Labute approximate surface area is 269 Å². The molecule has 0 radical (unpaired) electrons. The number of aryl methyl sites for hydroxylation is 1. The first kappa shape index (κ1) is 31.4. The van der Waals surface area contributed by atoms with Crippen molar-refractivity contribution in [3.8, 4) is 11.5 Å². The quantitative estimate of drug-likeness (QED) is 0.0622. The van der Waals surface area contributed by atoms with Gasteiger partial charge in [-0.1, -0.05) is 47.0 Å². The summed E-state index contributed by atoms with van der Waals surface area (Å²) < 4.78 is 13.0. The number of aliphatic imine (C=N–C) groups is 1. The highest BCUT2D eigenvalue weighted by molar-refractivity contribution is 8.01. The fourth-order valence-corrected chi connectivity index (χ4v) is 7.79. The van der Waals surface area contributed by atoms with Gasteiger partial charge in [-0.25, -0.2) is 4.98 Å². The smallest absolute Gasteiger partial charge is 0.283 e. The number of benzene rings is 3. The summed E-state index contributed by atoms with van der Waals surface area (Å²) >= 11 is 5.47. The first-order chi connectivity index (χ1) is 21.3. The number of hydrogen-bond acceptors (Lipinski definition) is 13. The molecule has 5 rings (SSSR count). The monoisotopic (exact) mass is 666 g/mol. The maximum absolute atomic E-state index is 12.4. The molecule has 11 nitrogen and oxygen atoms in total. The number of fused-ring (bicyclic) bond motifs is 1. The van der Waals surface area contributed by atoms with Crippen LogP contribution in [0.15, 0.2) is 73.2 Å². The van der Waals surface area contributed by atoms with Crippen LogP contribution in [-0.4, -0.2) is 58.7 Å². The predicted molar refractivity (Wildman–Crippen MR) is 176 cm³/mol. The zero-order chi connectivity index (χ0) is 31.1. The van der Waals surface area contributed by atoms with E-state index in [0.717, 1.165) is 25.1 Å². The van der Waals surface area contributed by atoms with E-state index < -0.39 is 4.92 Å². The number of carbonyl (C=O) groups is 1. The average Bonchev–Trinajstić information content (AvgIpc) is 3.63. The number of hydrogen-bond donors (Lipinski definition) is 1. The van der Waals surface area contributed by atoms with Crippen LogP contribution in [0.5, 0.6) is 11.5 Å². The largest absolute Gasteiger partial charge is 0.493 e. The molecule has 0 aliphatic carbocycles. The zero-order valence-corrected chi connectivity index (χ0v) is 27.1. The number of rotatable bonds is 13. The highest BCUT2D eigenvalue weighted by Gasteiger charge is 2.17. The SMILES string of the molecule is COc1ccc(CCNC(=O)CSc2nc3ccc(N=Cc4ccc(Sc5nnc(C)s5)c([N+](=O)[O-])c4)cc3s2)cc1OC. The molecule has 44 heavy (non-hydrogen) atoms. The van der Waals surface area contributed by atoms with E-state index in [2.05, 4.69) is 25.5 Å². The van der Waals surface area contributed by atoms with E-state index in [1.54, 1.807) is 32.6 Å². The lowest BCUT2D eigenvalue weighted by atomic mass is 10.1. The summed E-state index contributed by atoms with van der Waals surface area (Å²) in [5.74, 6) is 1.50. The van der Waals surface area contributed by atoms with Gasteiger partial charge < -0.3 is 14.8 Å². The molecule has 0 fully saturated rings. The standard InChI is InChI=1S/C29H26N6O5S4/c1-17-33-34-29(42-17)43-25-9-5-19(12-22(25)35(37)38)15-31-20-6-7-21-26(14-20)44-28(32-21)41-16-27(36)30-11-10-18-4-8-23(39-2)24(13-18)40-3/h4-9,12-15H,10-11,16H2,1-3H3,(H,30,36). The van der Waals surface area contributed by atoms with Crippen molar-refractivity contribution in [3.05, 3.63) is 80.8 Å². The third kappa shape index (κ3) is 8.11. The Morgan fingerprint density at radius 1 is 1.05 bits per heavy atom. The first-order valence-corrected chi connectivity index (χ1v) is 16.6. The second kappa shape index (κ2) is 14.6. The van der Waals surface area contributed by atoms with Crippen LogP contribution < -0.4 is 14.8 Å². The highest BCUT2D eigenvalue weighted by Crippen LogP contribution is 2.37. The Morgan fingerprint density at radius 3 is 2.64 bits per heavy atom. The van der Waals surface area contributed by atoms with Crippen molar-refractivity contribution in [1.82, 2.24) is 20.5 Å². The summed E-state index contributed by atoms with van der Waals surface area (Å²) in [6.45, 7) is 2.34. The molecule has 1 N–H and O–H groups in total. The summed E-state index contributed by atoms with van der Waals surface area (Å²) in [6.07, 6.45) is 2.27. The molecule has 0 bridgehead atoms. The molecule has 2 aromatic heterocycles. The number of nitro benzene ring substituents is 1. The zero-order valence-electron chi connectivity index (χ0n) is 23.8. The van der Waals surface area contributed by atoms with Crippen molar-refractivity contribution in [1.29, 1.82) is 0 Å². The summed E-state index contributed by atoms with van der Waals surface area (Å²) in [7, 11) is 3.19. The van der Waals surface area contributed by atoms with E-state index >= 15 is 0 Å². The van der Waals surface area contributed by atoms with Gasteiger partial charge >= 0.3 is 0 Å².